The van der Waals surface area contributed by atoms with Crippen LogP contribution >= 0.6 is 7.82 Å². The number of ether oxygens (including phenoxy) is 2. The van der Waals surface area contributed by atoms with Gasteiger partial charge in [0.1, 0.15) is 12.6 Å². The molecule has 0 radical (unpaired) electrons. The Morgan fingerprint density at radius 2 is 0.912 bits per heavy atom. The zero-order chi connectivity index (χ0) is 42.1. The Bertz CT molecular complexity index is 1010. The van der Waals surface area contributed by atoms with Crippen molar-refractivity contribution in [2.75, 3.05) is 19.8 Å². The molecule has 57 heavy (non-hydrogen) atoms. The SMILES string of the molecule is C=CCCCCCCCCCCCCCCCC(=O)O[C@H](COC(=O)CCCCCCCCCCCCCCCCCCCC)COP(=O)(O)OC[C@H](N)C(=O)O. The third kappa shape index (κ3) is 40.8. The lowest BCUT2D eigenvalue weighted by Crippen LogP contribution is -2.34. The van der Waals surface area contributed by atoms with Gasteiger partial charge in [-0.15, -0.1) is 6.58 Å². The van der Waals surface area contributed by atoms with E-state index in [4.69, 9.17) is 24.8 Å². The van der Waals surface area contributed by atoms with Gasteiger partial charge in [-0.25, -0.2) is 4.57 Å². The highest BCUT2D eigenvalue weighted by molar-refractivity contribution is 7.47. The molecule has 0 rings (SSSR count). The fourth-order valence-electron chi connectivity index (χ4n) is 6.75. The number of hydrogen-bond acceptors (Lipinski definition) is 9. The van der Waals surface area contributed by atoms with Crippen molar-refractivity contribution in [1.29, 1.82) is 0 Å². The van der Waals surface area contributed by atoms with Gasteiger partial charge in [-0.2, -0.15) is 0 Å². The van der Waals surface area contributed by atoms with Crippen LogP contribution in [-0.2, 0) is 37.5 Å². The molecule has 0 spiro atoms. The Morgan fingerprint density at radius 1 is 0.561 bits per heavy atom. The van der Waals surface area contributed by atoms with Crippen molar-refractivity contribution in [2.24, 2.45) is 5.73 Å². The van der Waals surface area contributed by atoms with Crippen molar-refractivity contribution in [3.8, 4) is 0 Å². The molecule has 0 fully saturated rings. The first-order valence-electron chi connectivity index (χ1n) is 23.2. The predicted octanol–water partition coefficient (Wildman–Crippen LogP) is 12.5. The lowest BCUT2D eigenvalue weighted by atomic mass is 10.0. The molecule has 1 unspecified atom stereocenters. The minimum atomic E-state index is -4.71. The molecule has 0 saturated carbocycles. The first-order valence-corrected chi connectivity index (χ1v) is 24.7. The van der Waals surface area contributed by atoms with Crippen molar-refractivity contribution >= 4 is 25.7 Å². The molecule has 12 heteroatoms. The fourth-order valence-corrected chi connectivity index (χ4v) is 7.53. The van der Waals surface area contributed by atoms with Crippen molar-refractivity contribution < 1.29 is 47.5 Å². The number of unbranched alkanes of at least 4 members (excludes halogenated alkanes) is 30. The zero-order valence-electron chi connectivity index (χ0n) is 36.3. The number of carboxylic acids is 1. The highest BCUT2D eigenvalue weighted by Crippen LogP contribution is 2.43. The van der Waals surface area contributed by atoms with Gasteiger partial charge in [0.15, 0.2) is 6.10 Å². The number of carbonyl (C=O) groups excluding carboxylic acids is 2. The molecule has 0 aliphatic heterocycles. The van der Waals surface area contributed by atoms with Crippen LogP contribution < -0.4 is 5.73 Å². The number of esters is 2. The van der Waals surface area contributed by atoms with Gasteiger partial charge in [-0.3, -0.25) is 23.4 Å². The fraction of sp³-hybridized carbons (Fsp3) is 0.889. The average molecular weight is 832 g/mol. The normalized spacial score (nSPS) is 13.5. The van der Waals surface area contributed by atoms with Gasteiger partial charge >= 0.3 is 25.7 Å². The van der Waals surface area contributed by atoms with Gasteiger partial charge in [0.2, 0.25) is 0 Å². The molecule has 3 atom stereocenters. The summed E-state index contributed by atoms with van der Waals surface area (Å²) in [4.78, 5) is 46.0. The molecule has 0 saturated heterocycles. The number of carboxylic acid groups (broad SMARTS) is 1. The average Bonchev–Trinajstić information content (AvgIpc) is 3.19. The molecule has 0 aromatic rings. The number of phosphoric ester groups is 1. The van der Waals surface area contributed by atoms with Crippen LogP contribution in [0.2, 0.25) is 0 Å². The molecule has 0 aromatic heterocycles. The number of phosphoric acid groups is 1. The molecule has 0 amide bonds. The van der Waals surface area contributed by atoms with Crippen LogP contribution in [0.25, 0.3) is 0 Å². The standard InChI is InChI=1S/C45H86NO10P/c1-3-5-7-9-11-13-15-17-19-20-21-23-24-26-28-30-32-34-36-43(47)53-38-41(39-54-57(51,52)55-40-42(46)45(49)50)56-44(48)37-35-33-31-29-27-25-22-18-16-14-12-10-8-6-4-2/h4,41-42H,2-3,5-40,46H2,1H3,(H,49,50)(H,51,52)/t41-,42+/m1/s1. The van der Waals surface area contributed by atoms with Crippen molar-refractivity contribution in [3.63, 3.8) is 0 Å². The van der Waals surface area contributed by atoms with E-state index < -0.39 is 51.1 Å². The maximum Gasteiger partial charge on any atom is 0.472 e. The minimum Gasteiger partial charge on any atom is -0.480 e. The summed E-state index contributed by atoms with van der Waals surface area (Å²) in [6.07, 6.45) is 40.2. The van der Waals surface area contributed by atoms with Gasteiger partial charge in [0.05, 0.1) is 13.2 Å². The molecule has 0 aromatic carbocycles. The quantitative estimate of drug-likeness (QED) is 0.0231. The molecular weight excluding hydrogens is 745 g/mol. The highest BCUT2D eigenvalue weighted by atomic mass is 31.2. The number of aliphatic carboxylic acids is 1. The van der Waals surface area contributed by atoms with E-state index in [1.807, 2.05) is 6.08 Å². The van der Waals surface area contributed by atoms with Crippen LogP contribution in [0.15, 0.2) is 12.7 Å². The topological polar surface area (TPSA) is 172 Å². The highest BCUT2D eigenvalue weighted by Gasteiger charge is 2.28. The van der Waals surface area contributed by atoms with E-state index in [1.165, 1.54) is 148 Å². The summed E-state index contributed by atoms with van der Waals surface area (Å²) in [6.45, 7) is 4.36. The van der Waals surface area contributed by atoms with E-state index in [0.29, 0.717) is 12.8 Å². The minimum absolute atomic E-state index is 0.164. The maximum absolute atomic E-state index is 12.6. The smallest absolute Gasteiger partial charge is 0.472 e. The Labute approximate surface area is 348 Å². The van der Waals surface area contributed by atoms with Crippen LogP contribution in [0, 0.1) is 0 Å². The third-order valence-electron chi connectivity index (χ3n) is 10.4. The summed E-state index contributed by atoms with van der Waals surface area (Å²) >= 11 is 0. The monoisotopic (exact) mass is 832 g/mol. The van der Waals surface area contributed by atoms with Crippen LogP contribution in [-0.4, -0.2) is 59.9 Å². The van der Waals surface area contributed by atoms with E-state index in [9.17, 15) is 23.8 Å². The van der Waals surface area contributed by atoms with Gasteiger partial charge < -0.3 is 25.2 Å². The first-order chi connectivity index (χ1) is 27.6. The maximum atomic E-state index is 12.6. The summed E-state index contributed by atoms with van der Waals surface area (Å²) in [5, 5.41) is 8.89. The van der Waals surface area contributed by atoms with E-state index in [1.54, 1.807) is 0 Å². The first kappa shape index (κ1) is 55.2. The molecule has 4 N–H and O–H groups in total. The molecule has 336 valence electrons. The number of carbonyl (C=O) groups is 3. The Morgan fingerprint density at radius 3 is 1.30 bits per heavy atom. The largest absolute Gasteiger partial charge is 0.480 e. The van der Waals surface area contributed by atoms with Crippen LogP contribution in [0.1, 0.15) is 225 Å². The van der Waals surface area contributed by atoms with E-state index in [0.717, 1.165) is 44.9 Å². The van der Waals surface area contributed by atoms with Crippen LogP contribution in [0.5, 0.6) is 0 Å². The second-order valence-corrected chi connectivity index (χ2v) is 17.4. The lowest BCUT2D eigenvalue weighted by Gasteiger charge is -2.20. The Kier molecular flexibility index (Phi) is 39.7. The second kappa shape index (κ2) is 41.0. The molecular formula is C45H86NO10P. The lowest BCUT2D eigenvalue weighted by molar-refractivity contribution is -0.161. The van der Waals surface area contributed by atoms with Gasteiger partial charge in [0.25, 0.3) is 0 Å². The second-order valence-electron chi connectivity index (χ2n) is 16.0. The summed E-state index contributed by atoms with van der Waals surface area (Å²) in [7, 11) is -4.71. The van der Waals surface area contributed by atoms with Crippen LogP contribution in [0.3, 0.4) is 0 Å². The van der Waals surface area contributed by atoms with Gasteiger partial charge in [-0.05, 0) is 25.7 Å². The number of nitrogens with two attached hydrogens (primary N) is 1. The van der Waals surface area contributed by atoms with E-state index in [2.05, 4.69) is 18.0 Å². The molecule has 0 bridgehead atoms. The van der Waals surface area contributed by atoms with E-state index in [-0.39, 0.29) is 19.4 Å². The number of rotatable bonds is 45. The zero-order valence-corrected chi connectivity index (χ0v) is 37.2. The van der Waals surface area contributed by atoms with Crippen molar-refractivity contribution in [2.45, 2.75) is 237 Å². The predicted molar refractivity (Wildman–Crippen MR) is 231 cm³/mol. The number of allylic oxidation sites excluding steroid dienone is 1. The summed E-state index contributed by atoms with van der Waals surface area (Å²) in [6, 6.07) is -1.52. The molecule has 0 aliphatic carbocycles. The van der Waals surface area contributed by atoms with E-state index >= 15 is 0 Å². The summed E-state index contributed by atoms with van der Waals surface area (Å²) in [5.74, 6) is -2.36. The Hall–Kier alpha value is -1.78. The summed E-state index contributed by atoms with van der Waals surface area (Å²) < 4.78 is 32.8. The summed E-state index contributed by atoms with van der Waals surface area (Å²) in [5.41, 5.74) is 5.34. The van der Waals surface area contributed by atoms with Gasteiger partial charge in [-0.1, -0.05) is 193 Å². The number of hydrogen-bond donors (Lipinski definition) is 3. The van der Waals surface area contributed by atoms with Crippen molar-refractivity contribution in [1.82, 2.24) is 0 Å². The molecule has 11 nitrogen and oxygen atoms in total. The Balaban J connectivity index is 4.25. The molecule has 0 aliphatic rings. The third-order valence-corrected chi connectivity index (χ3v) is 11.4. The van der Waals surface area contributed by atoms with Crippen molar-refractivity contribution in [3.05, 3.63) is 12.7 Å². The van der Waals surface area contributed by atoms with Gasteiger partial charge in [0, 0.05) is 12.8 Å². The van der Waals surface area contributed by atoms with Crippen LogP contribution in [0.4, 0.5) is 0 Å². The molecule has 0 heterocycles.